The Kier molecular flexibility index (Phi) is 7.95. The quantitative estimate of drug-likeness (QED) is 0.293. The molecule has 4 rings (SSSR count). The van der Waals surface area contributed by atoms with Crippen molar-refractivity contribution in [1.82, 2.24) is 15.0 Å². The van der Waals surface area contributed by atoms with Gasteiger partial charge in [0.1, 0.15) is 16.9 Å². The van der Waals surface area contributed by atoms with E-state index >= 15 is 0 Å². The fourth-order valence-corrected chi connectivity index (χ4v) is 5.44. The van der Waals surface area contributed by atoms with Gasteiger partial charge in [0.25, 0.3) is 0 Å². The van der Waals surface area contributed by atoms with Gasteiger partial charge in [0.05, 0.1) is 39.7 Å². The molecule has 1 fully saturated rings. The van der Waals surface area contributed by atoms with Crippen molar-refractivity contribution in [2.45, 2.75) is 58.0 Å². The van der Waals surface area contributed by atoms with E-state index in [2.05, 4.69) is 22.5 Å². The van der Waals surface area contributed by atoms with Gasteiger partial charge in [-0.05, 0) is 38.8 Å². The number of benzene rings is 1. The number of para-hydroxylation sites is 1. The normalized spacial score (nSPS) is 23.4. The van der Waals surface area contributed by atoms with Gasteiger partial charge in [-0.15, -0.1) is 11.3 Å². The summed E-state index contributed by atoms with van der Waals surface area (Å²) >= 11 is 1.55. The van der Waals surface area contributed by atoms with E-state index in [4.69, 9.17) is 14.7 Å². The fourth-order valence-electron chi connectivity index (χ4n) is 4.38. The minimum atomic E-state index is -1.02. The third-order valence-corrected chi connectivity index (χ3v) is 7.36. The average Bonchev–Trinajstić information content (AvgIpc) is 3.37. The first-order valence-electron chi connectivity index (χ1n) is 11.8. The lowest BCUT2D eigenvalue weighted by atomic mass is 10.1. The second-order valence-corrected chi connectivity index (χ2v) is 9.65. The summed E-state index contributed by atoms with van der Waals surface area (Å²) in [6, 6.07) is 7.46. The molecule has 5 N–H and O–H groups in total. The van der Waals surface area contributed by atoms with Gasteiger partial charge in [0.15, 0.2) is 0 Å². The number of nitrogens with one attached hydrogen (secondary N) is 2. The van der Waals surface area contributed by atoms with Crippen molar-refractivity contribution in [1.29, 1.82) is 0 Å². The smallest absolute Gasteiger partial charge is 0.224 e. The molecule has 2 unspecified atom stereocenters. The molecule has 0 spiro atoms. The number of nitrogens with zero attached hydrogens (tertiary/aromatic N) is 3. The maximum absolute atomic E-state index is 10.6. The van der Waals surface area contributed by atoms with Crippen LogP contribution < -0.4 is 10.6 Å². The van der Waals surface area contributed by atoms with Gasteiger partial charge < -0.3 is 30.7 Å². The highest BCUT2D eigenvalue weighted by Gasteiger charge is 2.41. The number of ether oxygens (including phenoxy) is 1. The molecule has 2 aromatic heterocycles. The van der Waals surface area contributed by atoms with Crippen molar-refractivity contribution in [2.24, 2.45) is 5.92 Å². The second kappa shape index (κ2) is 10.9. The SMILES string of the molecule is CCOC(CC)CNc1nc(C)c(-c2nc3ccccc3s2)c(NC2C[C@H](CO)[C@@H](O)[C@H]2O)n1. The van der Waals surface area contributed by atoms with Crippen molar-refractivity contribution < 1.29 is 20.1 Å². The van der Waals surface area contributed by atoms with Crippen LogP contribution in [0.25, 0.3) is 20.8 Å². The van der Waals surface area contributed by atoms with Crippen LogP contribution in [0.3, 0.4) is 0 Å². The molecular formula is C24H33N5O4S. The number of rotatable bonds is 10. The number of thiazole rings is 1. The lowest BCUT2D eigenvalue weighted by Crippen LogP contribution is -2.36. The summed E-state index contributed by atoms with van der Waals surface area (Å²) in [6.45, 7) is 6.97. The number of aliphatic hydroxyl groups is 3. The van der Waals surface area contributed by atoms with Crippen LogP contribution in [0.4, 0.5) is 11.8 Å². The number of hydrogen-bond donors (Lipinski definition) is 5. The topological polar surface area (TPSA) is 133 Å². The summed E-state index contributed by atoms with van der Waals surface area (Å²) in [4.78, 5) is 14.2. The molecule has 3 aromatic rings. The Balaban J connectivity index is 1.69. The largest absolute Gasteiger partial charge is 0.396 e. The average molecular weight is 488 g/mol. The number of aliphatic hydroxyl groups excluding tert-OH is 3. The summed E-state index contributed by atoms with van der Waals surface area (Å²) in [7, 11) is 0. The van der Waals surface area contributed by atoms with Crippen molar-refractivity contribution >= 4 is 33.3 Å². The summed E-state index contributed by atoms with van der Waals surface area (Å²) in [5.41, 5.74) is 2.40. The van der Waals surface area contributed by atoms with Gasteiger partial charge in [0.2, 0.25) is 5.95 Å². The minimum absolute atomic E-state index is 0.0476. The van der Waals surface area contributed by atoms with Crippen LogP contribution in [0.2, 0.25) is 0 Å². The van der Waals surface area contributed by atoms with Crippen LogP contribution in [0.1, 0.15) is 32.4 Å². The van der Waals surface area contributed by atoms with Crippen molar-refractivity contribution in [2.75, 3.05) is 30.4 Å². The molecule has 1 aliphatic carbocycles. The van der Waals surface area contributed by atoms with E-state index in [-0.39, 0.29) is 12.7 Å². The summed E-state index contributed by atoms with van der Waals surface area (Å²) < 4.78 is 6.79. The van der Waals surface area contributed by atoms with Gasteiger partial charge in [-0.25, -0.2) is 9.97 Å². The molecule has 5 atom stereocenters. The van der Waals surface area contributed by atoms with Gasteiger partial charge in [0, 0.05) is 25.7 Å². The molecule has 2 heterocycles. The lowest BCUT2D eigenvalue weighted by Gasteiger charge is -2.22. The number of anilines is 2. The number of fused-ring (bicyclic) bond motifs is 1. The molecule has 0 radical (unpaired) electrons. The third-order valence-electron chi connectivity index (χ3n) is 6.30. The monoisotopic (exact) mass is 487 g/mol. The predicted molar refractivity (Wildman–Crippen MR) is 134 cm³/mol. The second-order valence-electron chi connectivity index (χ2n) is 8.62. The Labute approximate surface area is 203 Å². The van der Waals surface area contributed by atoms with Crippen LogP contribution in [0, 0.1) is 12.8 Å². The lowest BCUT2D eigenvalue weighted by molar-refractivity contribution is 0.00446. The Morgan fingerprint density at radius 1 is 1.15 bits per heavy atom. The maximum atomic E-state index is 10.6. The van der Waals surface area contributed by atoms with Gasteiger partial charge >= 0.3 is 0 Å². The fraction of sp³-hybridized carbons (Fsp3) is 0.542. The van der Waals surface area contributed by atoms with E-state index < -0.39 is 24.2 Å². The highest BCUT2D eigenvalue weighted by atomic mass is 32.1. The van der Waals surface area contributed by atoms with Gasteiger partial charge in [-0.2, -0.15) is 4.98 Å². The van der Waals surface area contributed by atoms with Crippen LogP contribution in [0.5, 0.6) is 0 Å². The molecule has 0 amide bonds. The summed E-state index contributed by atoms with van der Waals surface area (Å²) in [6.07, 6.45) is -0.679. The van der Waals surface area contributed by atoms with Crippen LogP contribution in [0.15, 0.2) is 24.3 Å². The maximum Gasteiger partial charge on any atom is 0.224 e. The Hall–Kier alpha value is -2.37. The predicted octanol–water partition coefficient (Wildman–Crippen LogP) is 2.80. The Morgan fingerprint density at radius 3 is 2.62 bits per heavy atom. The van der Waals surface area contributed by atoms with Crippen LogP contribution >= 0.6 is 11.3 Å². The highest BCUT2D eigenvalue weighted by Crippen LogP contribution is 2.38. The van der Waals surface area contributed by atoms with Gasteiger partial charge in [-0.3, -0.25) is 0 Å². The minimum Gasteiger partial charge on any atom is -0.396 e. The molecule has 10 heteroatoms. The Morgan fingerprint density at radius 2 is 1.94 bits per heavy atom. The van der Waals surface area contributed by atoms with Crippen molar-refractivity contribution in [3.8, 4) is 10.6 Å². The van der Waals surface area contributed by atoms with Crippen LogP contribution in [-0.2, 0) is 4.74 Å². The standard InChI is InChI=1S/C24H33N5O4S/c1-4-15(33-5-2)11-25-24-26-13(3)19(23-28-16-8-6-7-9-18(16)34-23)22(29-24)27-17-10-14(12-30)20(31)21(17)32/h6-9,14-15,17,20-21,30-32H,4-5,10-12H2,1-3H3,(H2,25,26,27,29)/t14-,15?,17?,20-,21+/m1/s1. The first-order valence-corrected chi connectivity index (χ1v) is 12.6. The zero-order chi connectivity index (χ0) is 24.2. The van der Waals surface area contributed by atoms with Gasteiger partial charge in [-0.1, -0.05) is 19.1 Å². The van der Waals surface area contributed by atoms with E-state index in [0.29, 0.717) is 31.3 Å². The molecule has 0 saturated heterocycles. The number of aryl methyl sites for hydroxylation is 1. The summed E-state index contributed by atoms with van der Waals surface area (Å²) in [5.74, 6) is 0.596. The van der Waals surface area contributed by atoms with Crippen molar-refractivity contribution in [3.63, 3.8) is 0 Å². The molecule has 0 aliphatic heterocycles. The molecule has 9 nitrogen and oxygen atoms in total. The van der Waals surface area contributed by atoms with E-state index in [1.807, 2.05) is 38.1 Å². The highest BCUT2D eigenvalue weighted by molar-refractivity contribution is 7.21. The molecule has 1 saturated carbocycles. The van der Waals surface area contributed by atoms with E-state index in [9.17, 15) is 15.3 Å². The molecule has 34 heavy (non-hydrogen) atoms. The van der Waals surface area contributed by atoms with Crippen molar-refractivity contribution in [3.05, 3.63) is 30.0 Å². The number of aromatic nitrogens is 3. The third kappa shape index (κ3) is 5.16. The first kappa shape index (κ1) is 24.7. The number of hydrogen-bond acceptors (Lipinski definition) is 10. The molecule has 1 aliphatic rings. The van der Waals surface area contributed by atoms with Crippen LogP contribution in [-0.4, -0.2) is 74.4 Å². The van der Waals surface area contributed by atoms with E-state index in [1.165, 1.54) is 0 Å². The molecule has 0 bridgehead atoms. The molecule has 1 aromatic carbocycles. The summed E-state index contributed by atoms with van der Waals surface area (Å²) in [5, 5.41) is 37.8. The zero-order valence-corrected chi connectivity index (χ0v) is 20.5. The first-order chi connectivity index (χ1) is 16.4. The molecular weight excluding hydrogens is 454 g/mol. The van der Waals surface area contributed by atoms with E-state index in [0.717, 1.165) is 32.9 Å². The zero-order valence-electron chi connectivity index (χ0n) is 19.7. The molecule has 184 valence electrons. The van der Waals surface area contributed by atoms with E-state index in [1.54, 1.807) is 11.3 Å². The Bertz CT molecular complexity index is 1080.